The van der Waals surface area contributed by atoms with Crippen LogP contribution in [-0.2, 0) is 4.79 Å². The van der Waals surface area contributed by atoms with Gasteiger partial charge in [-0.25, -0.2) is 4.39 Å². The Morgan fingerprint density at radius 2 is 1.79 bits per heavy atom. The van der Waals surface area contributed by atoms with Gasteiger partial charge in [0.2, 0.25) is 5.91 Å². The fraction of sp³-hybridized carbons (Fsp3) is 0.211. The van der Waals surface area contributed by atoms with Crippen molar-refractivity contribution in [1.29, 1.82) is 0 Å². The first-order valence-corrected chi connectivity index (χ1v) is 8.65. The topological polar surface area (TPSA) is 23.6 Å². The minimum Gasteiger partial charge on any atom is -0.366 e. The number of para-hydroxylation sites is 1. The SMILES string of the molecule is O=C(C=Cc1cccc(Br)c1)N1CCN(c2ccccc2F)CC1. The number of hydrogen-bond acceptors (Lipinski definition) is 2. The van der Waals surface area contributed by atoms with Crippen molar-refractivity contribution in [1.82, 2.24) is 4.90 Å². The van der Waals surface area contributed by atoms with Gasteiger partial charge in [0, 0.05) is 36.7 Å². The van der Waals surface area contributed by atoms with Crippen LogP contribution in [0.25, 0.3) is 6.08 Å². The fourth-order valence-electron chi connectivity index (χ4n) is 2.76. The molecule has 1 heterocycles. The van der Waals surface area contributed by atoms with Crippen molar-refractivity contribution in [3.05, 3.63) is 70.5 Å². The highest BCUT2D eigenvalue weighted by Gasteiger charge is 2.21. The molecule has 5 heteroatoms. The summed E-state index contributed by atoms with van der Waals surface area (Å²) in [5.74, 6) is -0.227. The number of benzene rings is 2. The second-order valence-corrected chi connectivity index (χ2v) is 6.57. The van der Waals surface area contributed by atoms with Gasteiger partial charge in [-0.2, -0.15) is 0 Å². The van der Waals surface area contributed by atoms with Crippen LogP contribution < -0.4 is 4.90 Å². The number of nitrogens with zero attached hydrogens (tertiary/aromatic N) is 2. The number of hydrogen-bond donors (Lipinski definition) is 0. The van der Waals surface area contributed by atoms with E-state index >= 15 is 0 Å². The molecular weight excluding hydrogens is 371 g/mol. The summed E-state index contributed by atoms with van der Waals surface area (Å²) in [6, 6.07) is 14.5. The number of carbonyl (C=O) groups excluding carboxylic acids is 1. The third kappa shape index (κ3) is 4.03. The van der Waals surface area contributed by atoms with Gasteiger partial charge in [-0.05, 0) is 35.9 Å². The highest BCUT2D eigenvalue weighted by atomic mass is 79.9. The molecule has 0 aromatic heterocycles. The van der Waals surface area contributed by atoms with E-state index in [1.807, 2.05) is 41.3 Å². The first kappa shape index (κ1) is 16.7. The van der Waals surface area contributed by atoms with Gasteiger partial charge in [-0.3, -0.25) is 4.79 Å². The lowest BCUT2D eigenvalue weighted by molar-refractivity contribution is -0.126. The van der Waals surface area contributed by atoms with E-state index in [9.17, 15) is 9.18 Å². The molecule has 1 aliphatic heterocycles. The van der Waals surface area contributed by atoms with E-state index in [1.54, 1.807) is 23.1 Å². The van der Waals surface area contributed by atoms with Crippen LogP contribution >= 0.6 is 15.9 Å². The Bertz CT molecular complexity index is 755. The van der Waals surface area contributed by atoms with E-state index < -0.39 is 0 Å². The third-order valence-corrected chi connectivity index (χ3v) is 4.54. The smallest absolute Gasteiger partial charge is 0.246 e. The molecule has 24 heavy (non-hydrogen) atoms. The zero-order valence-electron chi connectivity index (χ0n) is 13.2. The van der Waals surface area contributed by atoms with Crippen molar-refractivity contribution in [2.45, 2.75) is 0 Å². The molecule has 0 spiro atoms. The van der Waals surface area contributed by atoms with E-state index in [1.165, 1.54) is 6.07 Å². The van der Waals surface area contributed by atoms with Gasteiger partial charge in [0.25, 0.3) is 0 Å². The van der Waals surface area contributed by atoms with E-state index in [0.29, 0.717) is 31.9 Å². The number of carbonyl (C=O) groups is 1. The molecule has 2 aromatic rings. The summed E-state index contributed by atoms with van der Waals surface area (Å²) < 4.78 is 14.8. The monoisotopic (exact) mass is 388 g/mol. The highest BCUT2D eigenvalue weighted by molar-refractivity contribution is 9.10. The summed E-state index contributed by atoms with van der Waals surface area (Å²) in [6.07, 6.45) is 3.41. The van der Waals surface area contributed by atoms with Crippen molar-refractivity contribution in [3.63, 3.8) is 0 Å². The second-order valence-electron chi connectivity index (χ2n) is 5.65. The van der Waals surface area contributed by atoms with Crippen LogP contribution in [0.2, 0.25) is 0 Å². The molecule has 1 fully saturated rings. The molecule has 0 atom stereocenters. The van der Waals surface area contributed by atoms with Gasteiger partial charge in [0.15, 0.2) is 0 Å². The molecule has 1 saturated heterocycles. The van der Waals surface area contributed by atoms with Gasteiger partial charge >= 0.3 is 0 Å². The normalized spacial score (nSPS) is 15.1. The standard InChI is InChI=1S/C19H18BrFN2O/c20-16-5-3-4-15(14-16)8-9-19(24)23-12-10-22(11-13-23)18-7-2-1-6-17(18)21/h1-9,14H,10-13H2. The number of rotatable bonds is 3. The second kappa shape index (κ2) is 7.62. The molecule has 0 aliphatic carbocycles. The van der Waals surface area contributed by atoms with Crippen molar-refractivity contribution in [2.24, 2.45) is 0 Å². The predicted octanol–water partition coefficient (Wildman–Crippen LogP) is 3.95. The van der Waals surface area contributed by atoms with Gasteiger partial charge in [0.1, 0.15) is 5.82 Å². The van der Waals surface area contributed by atoms with Crippen LogP contribution in [0.5, 0.6) is 0 Å². The lowest BCUT2D eigenvalue weighted by Crippen LogP contribution is -2.48. The van der Waals surface area contributed by atoms with Crippen LogP contribution in [0.4, 0.5) is 10.1 Å². The lowest BCUT2D eigenvalue weighted by atomic mass is 10.2. The summed E-state index contributed by atoms with van der Waals surface area (Å²) in [5.41, 5.74) is 1.58. The fourth-order valence-corrected chi connectivity index (χ4v) is 3.18. The molecule has 0 radical (unpaired) electrons. The Morgan fingerprint density at radius 1 is 1.04 bits per heavy atom. The van der Waals surface area contributed by atoms with Crippen molar-refractivity contribution in [3.8, 4) is 0 Å². The van der Waals surface area contributed by atoms with E-state index in [4.69, 9.17) is 0 Å². The molecule has 1 amide bonds. The Morgan fingerprint density at radius 3 is 2.50 bits per heavy atom. The number of anilines is 1. The largest absolute Gasteiger partial charge is 0.366 e. The summed E-state index contributed by atoms with van der Waals surface area (Å²) in [4.78, 5) is 16.1. The van der Waals surface area contributed by atoms with Crippen LogP contribution in [0, 0.1) is 5.82 Å². The van der Waals surface area contributed by atoms with Crippen LogP contribution in [0.3, 0.4) is 0 Å². The molecule has 2 aromatic carbocycles. The van der Waals surface area contributed by atoms with Crippen molar-refractivity contribution in [2.75, 3.05) is 31.1 Å². The maximum Gasteiger partial charge on any atom is 0.246 e. The molecule has 0 unspecified atom stereocenters. The van der Waals surface area contributed by atoms with Crippen LogP contribution in [-0.4, -0.2) is 37.0 Å². The zero-order valence-corrected chi connectivity index (χ0v) is 14.7. The molecule has 3 rings (SSSR count). The van der Waals surface area contributed by atoms with Gasteiger partial charge in [-0.15, -0.1) is 0 Å². The number of halogens is 2. The molecule has 3 nitrogen and oxygen atoms in total. The summed E-state index contributed by atoms with van der Waals surface area (Å²) in [7, 11) is 0. The molecular formula is C19H18BrFN2O. The zero-order chi connectivity index (χ0) is 16.9. The van der Waals surface area contributed by atoms with Gasteiger partial charge in [0.05, 0.1) is 5.69 Å². The Balaban J connectivity index is 1.58. The Kier molecular flexibility index (Phi) is 5.30. The first-order chi connectivity index (χ1) is 11.6. The molecule has 1 aliphatic rings. The van der Waals surface area contributed by atoms with Crippen LogP contribution in [0.1, 0.15) is 5.56 Å². The molecule has 0 bridgehead atoms. The quantitative estimate of drug-likeness (QED) is 0.743. The predicted molar refractivity (Wildman–Crippen MR) is 98.4 cm³/mol. The van der Waals surface area contributed by atoms with Crippen molar-refractivity contribution < 1.29 is 9.18 Å². The Labute approximate surface area is 149 Å². The average Bonchev–Trinajstić information content (AvgIpc) is 2.60. The van der Waals surface area contributed by atoms with E-state index in [-0.39, 0.29) is 11.7 Å². The maximum absolute atomic E-state index is 13.8. The van der Waals surface area contributed by atoms with Gasteiger partial charge < -0.3 is 9.80 Å². The third-order valence-electron chi connectivity index (χ3n) is 4.05. The number of amides is 1. The molecule has 0 N–H and O–H groups in total. The summed E-state index contributed by atoms with van der Waals surface area (Å²) >= 11 is 3.41. The minimum atomic E-state index is -0.216. The van der Waals surface area contributed by atoms with E-state index in [0.717, 1.165) is 10.0 Å². The Hall–Kier alpha value is -2.14. The van der Waals surface area contributed by atoms with E-state index in [2.05, 4.69) is 15.9 Å². The summed E-state index contributed by atoms with van der Waals surface area (Å²) in [5, 5.41) is 0. The number of piperazine rings is 1. The average molecular weight is 389 g/mol. The highest BCUT2D eigenvalue weighted by Crippen LogP contribution is 2.20. The molecule has 0 saturated carbocycles. The summed E-state index contributed by atoms with van der Waals surface area (Å²) in [6.45, 7) is 2.46. The van der Waals surface area contributed by atoms with Crippen molar-refractivity contribution >= 4 is 33.6 Å². The maximum atomic E-state index is 13.8. The van der Waals surface area contributed by atoms with Gasteiger partial charge in [-0.1, -0.05) is 40.2 Å². The first-order valence-electron chi connectivity index (χ1n) is 7.85. The minimum absolute atomic E-state index is 0.0110. The molecule has 124 valence electrons. The lowest BCUT2D eigenvalue weighted by Gasteiger charge is -2.35. The van der Waals surface area contributed by atoms with Crippen LogP contribution in [0.15, 0.2) is 59.1 Å².